The number of aromatic nitrogens is 2. The van der Waals surface area contributed by atoms with E-state index in [9.17, 15) is 4.39 Å². The number of hydrogen-bond acceptors (Lipinski definition) is 4. The molecule has 2 aromatic heterocycles. The predicted octanol–water partition coefficient (Wildman–Crippen LogP) is 14.5. The molecule has 0 spiro atoms. The van der Waals surface area contributed by atoms with Gasteiger partial charge < -0.3 is 19.6 Å². The minimum atomic E-state index is -0.275. The van der Waals surface area contributed by atoms with Gasteiger partial charge in [-0.3, -0.25) is 4.39 Å². The smallest absolute Gasteiger partial charge is 0.256 e. The summed E-state index contributed by atoms with van der Waals surface area (Å²) in [5.41, 5.74) is 22.2. The van der Waals surface area contributed by atoms with Gasteiger partial charge in [-0.15, -0.1) is 59.7 Å². The van der Waals surface area contributed by atoms with E-state index in [0.717, 1.165) is 50.7 Å². The number of rotatable bonds is 3. The van der Waals surface area contributed by atoms with Crippen LogP contribution in [0.4, 0.5) is 21.5 Å². The SMILES string of the molecule is CC(C)(C)c1ccc2c(c1)B1c3cc(C(C)(C)C)cc4c3N(c3ccc(C(C)(C)C)cc3C4(C)C)c3cc(-c4c[c-]c(-c5ccccn5)cc4)cc(c31)O2.Cc1cnc(-c2[c-]cc(F)cc2)cc1C.[Ir]. The fourth-order valence-electron chi connectivity index (χ4n) is 10.1. The van der Waals surface area contributed by atoms with Crippen molar-refractivity contribution in [3.63, 3.8) is 0 Å². The van der Waals surface area contributed by atoms with Crippen LogP contribution in [0.15, 0.2) is 134 Å². The molecule has 0 saturated heterocycles. The van der Waals surface area contributed by atoms with E-state index in [1.54, 1.807) is 6.07 Å². The molecule has 0 amide bonds. The second kappa shape index (κ2) is 17.6. The summed E-state index contributed by atoms with van der Waals surface area (Å²) in [5.74, 6) is 1.58. The number of aryl methyl sites for hydroxylation is 2. The maximum atomic E-state index is 12.7. The number of anilines is 3. The number of benzene rings is 6. The van der Waals surface area contributed by atoms with Gasteiger partial charge in [0, 0.05) is 55.1 Å². The molecule has 0 aliphatic carbocycles. The summed E-state index contributed by atoms with van der Waals surface area (Å²) in [4.78, 5) is 11.4. The molecule has 11 rings (SSSR count). The third kappa shape index (κ3) is 8.64. The molecule has 0 fully saturated rings. The van der Waals surface area contributed by atoms with Crippen molar-refractivity contribution >= 4 is 40.2 Å². The third-order valence-electron chi connectivity index (χ3n) is 14.6. The molecule has 3 aliphatic rings. The summed E-state index contributed by atoms with van der Waals surface area (Å²) < 4.78 is 19.7. The Balaban J connectivity index is 0.000000325. The summed E-state index contributed by atoms with van der Waals surface area (Å²) >= 11 is 0. The van der Waals surface area contributed by atoms with Crippen LogP contribution in [0.1, 0.15) is 115 Å². The quantitative estimate of drug-likeness (QED) is 0.131. The number of pyridine rings is 2. The Kier molecular flexibility index (Phi) is 12.3. The van der Waals surface area contributed by atoms with Crippen LogP contribution in [0.5, 0.6) is 11.5 Å². The van der Waals surface area contributed by atoms with Crippen LogP contribution in [-0.4, -0.2) is 16.7 Å². The molecule has 355 valence electrons. The zero-order valence-corrected chi connectivity index (χ0v) is 45.1. The van der Waals surface area contributed by atoms with Gasteiger partial charge in [-0.1, -0.05) is 147 Å². The van der Waals surface area contributed by atoms with E-state index < -0.39 is 0 Å². The van der Waals surface area contributed by atoms with Crippen LogP contribution in [0.25, 0.3) is 33.6 Å². The molecule has 1 radical (unpaired) electrons. The van der Waals surface area contributed by atoms with Gasteiger partial charge >= 0.3 is 0 Å². The molecule has 8 aromatic rings. The van der Waals surface area contributed by atoms with Crippen molar-refractivity contribution in [1.82, 2.24) is 9.97 Å². The van der Waals surface area contributed by atoms with E-state index in [4.69, 9.17) is 4.74 Å². The second-order valence-corrected chi connectivity index (χ2v) is 22.9. The average Bonchev–Trinajstić information content (AvgIpc) is 3.31. The van der Waals surface area contributed by atoms with Crippen molar-refractivity contribution in [3.05, 3.63) is 191 Å². The Morgan fingerprint density at radius 3 is 1.89 bits per heavy atom. The van der Waals surface area contributed by atoms with Crippen LogP contribution >= 0.6 is 0 Å². The molecule has 5 heterocycles. The van der Waals surface area contributed by atoms with Crippen molar-refractivity contribution in [2.24, 2.45) is 0 Å². The summed E-state index contributed by atoms with van der Waals surface area (Å²) in [5, 5.41) is 0. The summed E-state index contributed by atoms with van der Waals surface area (Å²) in [6.45, 7) is 29.8. The molecule has 0 atom stereocenters. The van der Waals surface area contributed by atoms with Gasteiger partial charge in [0.05, 0.1) is 5.69 Å². The first-order chi connectivity index (χ1) is 32.6. The fraction of sp³-hybridized carbons (Fsp3) is 0.270. The van der Waals surface area contributed by atoms with Crippen molar-refractivity contribution in [2.75, 3.05) is 4.90 Å². The van der Waals surface area contributed by atoms with E-state index in [0.29, 0.717) is 0 Å². The zero-order chi connectivity index (χ0) is 48.9. The monoisotopic (exact) mass is 1100 g/mol. The van der Waals surface area contributed by atoms with Crippen LogP contribution < -0.4 is 26.0 Å². The normalized spacial score (nSPS) is 13.9. The molecular formula is C63H61BFIrN3O-2. The number of halogens is 1. The van der Waals surface area contributed by atoms with Crippen LogP contribution in [0.2, 0.25) is 0 Å². The Morgan fingerprint density at radius 2 is 1.24 bits per heavy atom. The zero-order valence-electron chi connectivity index (χ0n) is 42.7. The molecule has 4 nitrogen and oxygen atoms in total. The van der Waals surface area contributed by atoms with E-state index in [1.165, 1.54) is 79.0 Å². The number of fused-ring (bicyclic) bond motifs is 6. The van der Waals surface area contributed by atoms with Gasteiger partial charge in [0.15, 0.2) is 0 Å². The van der Waals surface area contributed by atoms with Crippen LogP contribution in [-0.2, 0) is 41.8 Å². The molecule has 0 unspecified atom stereocenters. The number of nitrogens with zero attached hydrogens (tertiary/aromatic N) is 3. The molecule has 70 heavy (non-hydrogen) atoms. The van der Waals surface area contributed by atoms with E-state index in [1.807, 2.05) is 50.5 Å². The minimum Gasteiger partial charge on any atom is -0.458 e. The molecule has 0 saturated carbocycles. The van der Waals surface area contributed by atoms with E-state index in [2.05, 4.69) is 182 Å². The topological polar surface area (TPSA) is 38.2 Å². The van der Waals surface area contributed by atoms with Gasteiger partial charge in [0.1, 0.15) is 11.5 Å². The Morgan fingerprint density at radius 1 is 0.586 bits per heavy atom. The summed E-state index contributed by atoms with van der Waals surface area (Å²) in [6.07, 6.45) is 3.65. The third-order valence-corrected chi connectivity index (χ3v) is 14.6. The van der Waals surface area contributed by atoms with Gasteiger partial charge in [-0.05, 0) is 122 Å². The van der Waals surface area contributed by atoms with Crippen molar-refractivity contribution in [1.29, 1.82) is 0 Å². The fourth-order valence-corrected chi connectivity index (χ4v) is 10.1. The predicted molar refractivity (Wildman–Crippen MR) is 286 cm³/mol. The summed E-state index contributed by atoms with van der Waals surface area (Å²) in [6, 6.07) is 49.0. The maximum absolute atomic E-state index is 12.7. The molecule has 0 N–H and O–H groups in total. The average molecular weight is 1100 g/mol. The van der Waals surface area contributed by atoms with Crippen LogP contribution in [0.3, 0.4) is 0 Å². The Bertz CT molecular complexity index is 3310. The number of hydrogen-bond donors (Lipinski definition) is 0. The first-order valence-electron chi connectivity index (χ1n) is 24.3. The molecule has 3 aliphatic heterocycles. The van der Waals surface area contributed by atoms with Crippen molar-refractivity contribution in [3.8, 4) is 45.1 Å². The van der Waals surface area contributed by atoms with Gasteiger partial charge in [0.2, 0.25) is 0 Å². The summed E-state index contributed by atoms with van der Waals surface area (Å²) in [7, 11) is 0. The molecule has 7 heteroatoms. The standard InChI is InChI=1S/C50H50BN2O.C13H11FN.Ir/c1-47(2,3)33-19-21-41-36(26-33)50(10,11)37-27-35(49(7,8)9)29-39-46(37)53(41)42-24-32(30-15-17-31(18-16-30)40-14-12-13-23-52-40)25-44-45(42)51(39)38-28-34(48(4,5)6)20-22-43(38)54-44;1-9-7-13(15-8-10(9)2)11-3-5-12(14)6-4-11;/h12-17,19-29H,1-11H3;3,5-8H,1-2H3;/q2*-1;. The number of ether oxygens (including phenoxy) is 1. The Labute approximate surface area is 429 Å². The van der Waals surface area contributed by atoms with Crippen LogP contribution in [0, 0.1) is 31.8 Å². The van der Waals surface area contributed by atoms with E-state index in [-0.39, 0.29) is 54.3 Å². The van der Waals surface area contributed by atoms with Crippen molar-refractivity contribution < 1.29 is 29.2 Å². The maximum Gasteiger partial charge on any atom is 0.256 e. The molecular weight excluding hydrogens is 1040 g/mol. The largest absolute Gasteiger partial charge is 0.458 e. The molecule has 0 bridgehead atoms. The Hall–Kier alpha value is -6.14. The van der Waals surface area contributed by atoms with Gasteiger partial charge in [0.25, 0.3) is 6.71 Å². The first-order valence-corrected chi connectivity index (χ1v) is 24.3. The minimum absolute atomic E-state index is 0. The first kappa shape index (κ1) is 48.9. The second-order valence-electron chi connectivity index (χ2n) is 22.9. The van der Waals surface area contributed by atoms with E-state index >= 15 is 0 Å². The van der Waals surface area contributed by atoms with Crippen molar-refractivity contribution in [2.45, 2.75) is 112 Å². The van der Waals surface area contributed by atoms with Gasteiger partial charge in [-0.25, -0.2) is 0 Å². The molecule has 6 aromatic carbocycles. The van der Waals surface area contributed by atoms with Gasteiger partial charge in [-0.2, -0.15) is 0 Å².